The summed E-state index contributed by atoms with van der Waals surface area (Å²) in [6.45, 7) is 4.08. The zero-order chi connectivity index (χ0) is 17.3. The molecule has 0 unspecified atom stereocenters. The van der Waals surface area contributed by atoms with Crippen LogP contribution in [0.3, 0.4) is 0 Å². The van der Waals surface area contributed by atoms with Crippen molar-refractivity contribution in [2.24, 2.45) is 0 Å². The minimum Gasteiger partial charge on any atom is -0.363 e. The van der Waals surface area contributed by atoms with Crippen LogP contribution >= 0.6 is 0 Å². The number of hydrogen-bond acceptors (Lipinski definition) is 5. The molecule has 0 aromatic carbocycles. The van der Waals surface area contributed by atoms with E-state index in [1.165, 1.54) is 0 Å². The minimum atomic E-state index is -0.221. The van der Waals surface area contributed by atoms with Crippen molar-refractivity contribution in [3.05, 3.63) is 42.4 Å². The third-order valence-electron chi connectivity index (χ3n) is 3.65. The zero-order valence-electron chi connectivity index (χ0n) is 14.2. The highest BCUT2D eigenvalue weighted by Gasteiger charge is 2.12. The van der Waals surface area contributed by atoms with E-state index in [1.807, 2.05) is 49.7 Å². The molecule has 0 fully saturated rings. The number of nitrogens with one attached hydrogen (secondary N) is 1. The fraction of sp³-hybridized carbons (Fsp3) is 0.294. The molecule has 1 N–H and O–H groups in total. The van der Waals surface area contributed by atoms with E-state index in [2.05, 4.69) is 20.4 Å². The molecule has 124 valence electrons. The summed E-state index contributed by atoms with van der Waals surface area (Å²) < 4.78 is 1.83. The molecule has 0 aliphatic heterocycles. The van der Waals surface area contributed by atoms with Gasteiger partial charge in [-0.1, -0.05) is 0 Å². The van der Waals surface area contributed by atoms with Crippen molar-refractivity contribution in [3.8, 4) is 0 Å². The van der Waals surface area contributed by atoms with Crippen molar-refractivity contribution < 1.29 is 4.79 Å². The van der Waals surface area contributed by atoms with E-state index in [1.54, 1.807) is 24.7 Å². The highest BCUT2D eigenvalue weighted by Crippen LogP contribution is 2.18. The smallest absolute Gasteiger partial charge is 0.257 e. The first-order chi connectivity index (χ1) is 11.5. The topological polar surface area (TPSA) is 75.9 Å². The number of anilines is 2. The van der Waals surface area contributed by atoms with Crippen molar-refractivity contribution in [1.82, 2.24) is 19.7 Å². The average molecular weight is 324 g/mol. The number of carbonyl (C=O) groups is 1. The molecule has 3 rings (SSSR count). The second-order valence-electron chi connectivity index (χ2n) is 6.07. The second-order valence-corrected chi connectivity index (χ2v) is 6.07. The molecule has 0 radical (unpaired) electrons. The van der Waals surface area contributed by atoms with E-state index < -0.39 is 0 Å². The molecule has 7 heteroatoms. The van der Waals surface area contributed by atoms with Crippen LogP contribution in [-0.2, 0) is 0 Å². The van der Waals surface area contributed by atoms with Crippen LogP contribution < -0.4 is 10.2 Å². The maximum Gasteiger partial charge on any atom is 0.257 e. The maximum atomic E-state index is 12.4. The van der Waals surface area contributed by atoms with Crippen LogP contribution in [0.15, 0.2) is 36.8 Å². The molecule has 0 aliphatic carbocycles. The lowest BCUT2D eigenvalue weighted by atomic mass is 10.2. The zero-order valence-corrected chi connectivity index (χ0v) is 14.2. The summed E-state index contributed by atoms with van der Waals surface area (Å²) in [6.07, 6.45) is 4.93. The number of pyridine rings is 2. The molecular weight excluding hydrogens is 304 g/mol. The lowest BCUT2D eigenvalue weighted by Crippen LogP contribution is -2.14. The molecule has 0 spiro atoms. The van der Waals surface area contributed by atoms with E-state index >= 15 is 0 Å². The number of aromatic nitrogens is 4. The Labute approximate surface area is 140 Å². The van der Waals surface area contributed by atoms with Crippen LogP contribution in [-0.4, -0.2) is 39.8 Å². The molecule has 24 heavy (non-hydrogen) atoms. The van der Waals surface area contributed by atoms with Gasteiger partial charge < -0.3 is 10.2 Å². The third-order valence-corrected chi connectivity index (χ3v) is 3.65. The largest absolute Gasteiger partial charge is 0.363 e. The SMILES string of the molecule is CC(C)n1ncc2cc(C(=O)Nc3ccc(N(C)C)nc3)cnc21. The number of fused-ring (bicyclic) bond motifs is 1. The Hall–Kier alpha value is -2.96. The summed E-state index contributed by atoms with van der Waals surface area (Å²) >= 11 is 0. The fourth-order valence-corrected chi connectivity index (χ4v) is 2.37. The standard InChI is InChI=1S/C17H20N6O/c1-11(2)23-16-12(9-20-23)7-13(8-19-16)17(24)21-14-5-6-15(18-10-14)22(3)4/h5-11H,1-4H3,(H,21,24). The summed E-state index contributed by atoms with van der Waals surface area (Å²) in [6, 6.07) is 5.69. The maximum absolute atomic E-state index is 12.4. The van der Waals surface area contributed by atoms with E-state index in [0.717, 1.165) is 16.9 Å². The number of rotatable bonds is 4. The van der Waals surface area contributed by atoms with Crippen LogP contribution in [0.2, 0.25) is 0 Å². The summed E-state index contributed by atoms with van der Waals surface area (Å²) in [5, 5.41) is 7.99. The molecule has 0 bridgehead atoms. The van der Waals surface area contributed by atoms with Crippen molar-refractivity contribution >= 4 is 28.4 Å². The van der Waals surface area contributed by atoms with Gasteiger partial charge in [0.05, 0.1) is 23.6 Å². The lowest BCUT2D eigenvalue weighted by Gasteiger charge is -2.11. The number of nitrogens with zero attached hydrogens (tertiary/aromatic N) is 5. The number of hydrogen-bond donors (Lipinski definition) is 1. The Kier molecular flexibility index (Phi) is 4.16. The van der Waals surface area contributed by atoms with Crippen molar-refractivity contribution in [1.29, 1.82) is 0 Å². The minimum absolute atomic E-state index is 0.218. The molecule has 0 saturated heterocycles. The van der Waals surface area contributed by atoms with Gasteiger partial charge >= 0.3 is 0 Å². The molecule has 0 saturated carbocycles. The third kappa shape index (κ3) is 3.05. The highest BCUT2D eigenvalue weighted by atomic mass is 16.1. The first kappa shape index (κ1) is 15.9. The van der Waals surface area contributed by atoms with E-state index in [4.69, 9.17) is 0 Å². The van der Waals surface area contributed by atoms with Gasteiger partial charge in [-0.05, 0) is 32.0 Å². The summed E-state index contributed by atoms with van der Waals surface area (Å²) in [5.74, 6) is 0.610. The Bertz CT molecular complexity index is 866. The van der Waals surface area contributed by atoms with E-state index in [-0.39, 0.29) is 11.9 Å². The molecule has 3 heterocycles. The Morgan fingerprint density at radius 2 is 1.96 bits per heavy atom. The summed E-state index contributed by atoms with van der Waals surface area (Å²) in [5.41, 5.74) is 1.91. The molecule has 0 atom stereocenters. The molecule has 3 aromatic heterocycles. The average Bonchev–Trinajstić information content (AvgIpc) is 2.98. The molecule has 7 nitrogen and oxygen atoms in total. The Balaban J connectivity index is 1.81. The normalized spacial score (nSPS) is 11.0. The Morgan fingerprint density at radius 3 is 2.58 bits per heavy atom. The van der Waals surface area contributed by atoms with Gasteiger partial charge in [-0.2, -0.15) is 5.10 Å². The summed E-state index contributed by atoms with van der Waals surface area (Å²) in [7, 11) is 3.83. The van der Waals surface area contributed by atoms with Gasteiger partial charge in [0, 0.05) is 31.7 Å². The number of amides is 1. The molecule has 3 aromatic rings. The second kappa shape index (κ2) is 6.27. The van der Waals surface area contributed by atoms with Crippen molar-refractivity contribution in [3.63, 3.8) is 0 Å². The van der Waals surface area contributed by atoms with Crippen LogP contribution in [0.5, 0.6) is 0 Å². The van der Waals surface area contributed by atoms with Gasteiger partial charge in [-0.3, -0.25) is 4.79 Å². The van der Waals surface area contributed by atoms with Gasteiger partial charge in [-0.25, -0.2) is 14.6 Å². The van der Waals surface area contributed by atoms with Crippen LogP contribution in [0.25, 0.3) is 11.0 Å². The fourth-order valence-electron chi connectivity index (χ4n) is 2.37. The van der Waals surface area contributed by atoms with Crippen LogP contribution in [0.4, 0.5) is 11.5 Å². The monoisotopic (exact) mass is 324 g/mol. The van der Waals surface area contributed by atoms with Gasteiger partial charge in [0.25, 0.3) is 5.91 Å². The van der Waals surface area contributed by atoms with Gasteiger partial charge in [-0.15, -0.1) is 0 Å². The quantitative estimate of drug-likeness (QED) is 0.798. The first-order valence-corrected chi connectivity index (χ1v) is 7.73. The van der Waals surface area contributed by atoms with E-state index in [9.17, 15) is 4.79 Å². The molecule has 1 amide bonds. The van der Waals surface area contributed by atoms with Gasteiger partial charge in [0.1, 0.15) is 5.82 Å². The molecular formula is C17H20N6O. The number of carbonyl (C=O) groups excluding carboxylic acids is 1. The van der Waals surface area contributed by atoms with Crippen molar-refractivity contribution in [2.75, 3.05) is 24.3 Å². The predicted molar refractivity (Wildman–Crippen MR) is 94.4 cm³/mol. The molecule has 0 aliphatic rings. The predicted octanol–water partition coefficient (Wildman–Crippen LogP) is 2.73. The van der Waals surface area contributed by atoms with Crippen molar-refractivity contribution in [2.45, 2.75) is 19.9 Å². The first-order valence-electron chi connectivity index (χ1n) is 7.73. The Morgan fingerprint density at radius 1 is 1.17 bits per heavy atom. The highest BCUT2D eigenvalue weighted by molar-refractivity contribution is 6.05. The van der Waals surface area contributed by atoms with Crippen LogP contribution in [0, 0.1) is 0 Å². The lowest BCUT2D eigenvalue weighted by molar-refractivity contribution is 0.102. The van der Waals surface area contributed by atoms with E-state index in [0.29, 0.717) is 11.3 Å². The summed E-state index contributed by atoms with van der Waals surface area (Å²) in [4.78, 5) is 23.0. The van der Waals surface area contributed by atoms with Crippen LogP contribution in [0.1, 0.15) is 30.2 Å². The van der Waals surface area contributed by atoms with Gasteiger partial charge in [0.2, 0.25) is 0 Å². The van der Waals surface area contributed by atoms with Gasteiger partial charge in [0.15, 0.2) is 5.65 Å².